The van der Waals surface area contributed by atoms with Crippen LogP contribution in [0.4, 0.5) is 5.69 Å². The molecule has 0 unspecified atom stereocenters. The van der Waals surface area contributed by atoms with Crippen molar-refractivity contribution in [2.75, 3.05) is 32.1 Å². The number of nitrogens with zero attached hydrogens (tertiary/aromatic N) is 1. The minimum absolute atomic E-state index is 0.0279. The van der Waals surface area contributed by atoms with E-state index in [1.54, 1.807) is 0 Å². The van der Waals surface area contributed by atoms with E-state index >= 15 is 0 Å². The number of nitro benzene ring substituents is 1. The lowest BCUT2D eigenvalue weighted by atomic mass is 10.3. The average molecular weight is 315 g/mol. The van der Waals surface area contributed by atoms with Gasteiger partial charge in [0.2, 0.25) is 0 Å². The van der Waals surface area contributed by atoms with Crippen molar-refractivity contribution in [1.82, 2.24) is 0 Å². The van der Waals surface area contributed by atoms with Gasteiger partial charge in [-0.15, -0.1) is 0 Å². The summed E-state index contributed by atoms with van der Waals surface area (Å²) in [4.78, 5) is 11.4. The molecule has 8 heteroatoms. The first-order chi connectivity index (χ1) is 9.90. The molecule has 1 atom stereocenters. The Morgan fingerprint density at radius 2 is 1.86 bits per heavy atom. The molecule has 0 spiro atoms. The first-order valence-corrected chi connectivity index (χ1v) is 8.45. The van der Waals surface area contributed by atoms with Crippen LogP contribution in [0.2, 0.25) is 0 Å². The van der Waals surface area contributed by atoms with E-state index < -0.39 is 14.8 Å². The Balaban J connectivity index is 2.08. The van der Waals surface area contributed by atoms with Gasteiger partial charge in [-0.25, -0.2) is 8.42 Å². The van der Waals surface area contributed by atoms with Gasteiger partial charge in [0.25, 0.3) is 5.69 Å². The van der Waals surface area contributed by atoms with Crippen LogP contribution < -0.4 is 4.90 Å². The second-order valence-corrected chi connectivity index (χ2v) is 7.24. The Kier molecular flexibility index (Phi) is 4.92. The monoisotopic (exact) mass is 315 g/mol. The van der Waals surface area contributed by atoms with Crippen molar-refractivity contribution in [3.63, 3.8) is 0 Å². The summed E-state index contributed by atoms with van der Waals surface area (Å²) >= 11 is 0. The van der Waals surface area contributed by atoms with Crippen molar-refractivity contribution in [1.29, 1.82) is 0 Å². The first kappa shape index (κ1) is 15.9. The number of nitro groups is 1. The van der Waals surface area contributed by atoms with E-state index in [0.717, 1.165) is 13.1 Å². The van der Waals surface area contributed by atoms with Gasteiger partial charge in [0.1, 0.15) is 18.8 Å². The van der Waals surface area contributed by atoms with Gasteiger partial charge >= 0.3 is 0 Å². The predicted octanol–water partition coefficient (Wildman–Crippen LogP) is -0.328. The molecule has 0 aliphatic carbocycles. The number of non-ortho nitro benzene ring substituents is 1. The molecule has 1 saturated heterocycles. The fourth-order valence-electron chi connectivity index (χ4n) is 2.44. The molecule has 0 saturated carbocycles. The number of sulfone groups is 1. The van der Waals surface area contributed by atoms with Crippen LogP contribution in [0, 0.1) is 10.1 Å². The fraction of sp³-hybridized carbons (Fsp3) is 0.538. The van der Waals surface area contributed by atoms with Crippen LogP contribution in [0.5, 0.6) is 0 Å². The van der Waals surface area contributed by atoms with Crippen LogP contribution in [0.1, 0.15) is 6.92 Å². The lowest BCUT2D eigenvalue weighted by Gasteiger charge is -2.29. The molecule has 0 aromatic heterocycles. The SMILES string of the molecule is C[C@H](CS(=O)(=O)c1ccc([N+](=O)[O-])cc1)[NH+]1CCOCC1. The summed E-state index contributed by atoms with van der Waals surface area (Å²) in [6.07, 6.45) is 0. The normalized spacial score (nSPS) is 18.3. The van der Waals surface area contributed by atoms with E-state index in [9.17, 15) is 18.5 Å². The van der Waals surface area contributed by atoms with Gasteiger partial charge in [0, 0.05) is 12.1 Å². The number of morpholine rings is 1. The Morgan fingerprint density at radius 1 is 1.29 bits per heavy atom. The smallest absolute Gasteiger partial charge is 0.269 e. The Hall–Kier alpha value is -1.51. The van der Waals surface area contributed by atoms with E-state index in [4.69, 9.17) is 4.74 Å². The number of quaternary nitrogens is 1. The molecule has 116 valence electrons. The number of hydrogen-bond acceptors (Lipinski definition) is 5. The van der Waals surface area contributed by atoms with Crippen molar-refractivity contribution in [3.8, 4) is 0 Å². The Labute approximate surface area is 123 Å². The summed E-state index contributed by atoms with van der Waals surface area (Å²) < 4.78 is 30.0. The van der Waals surface area contributed by atoms with E-state index in [2.05, 4.69) is 0 Å². The maximum absolute atomic E-state index is 12.4. The summed E-state index contributed by atoms with van der Waals surface area (Å²) in [5.41, 5.74) is -0.110. The molecule has 1 heterocycles. The second-order valence-electron chi connectivity index (χ2n) is 5.20. The maximum Gasteiger partial charge on any atom is 0.269 e. The van der Waals surface area contributed by atoms with Crippen LogP contribution in [-0.2, 0) is 14.6 Å². The highest BCUT2D eigenvalue weighted by molar-refractivity contribution is 7.91. The molecule has 21 heavy (non-hydrogen) atoms. The lowest BCUT2D eigenvalue weighted by Crippen LogP contribution is -3.17. The van der Waals surface area contributed by atoms with E-state index in [1.165, 1.54) is 29.2 Å². The van der Waals surface area contributed by atoms with E-state index in [0.29, 0.717) is 13.2 Å². The van der Waals surface area contributed by atoms with Gasteiger partial charge in [0.15, 0.2) is 9.84 Å². The molecule has 1 aliphatic heterocycles. The highest BCUT2D eigenvalue weighted by Gasteiger charge is 2.27. The molecule has 1 aromatic carbocycles. The third kappa shape index (κ3) is 3.99. The lowest BCUT2D eigenvalue weighted by molar-refractivity contribution is -0.928. The van der Waals surface area contributed by atoms with Crippen LogP contribution >= 0.6 is 0 Å². The van der Waals surface area contributed by atoms with Gasteiger partial charge < -0.3 is 9.64 Å². The zero-order chi connectivity index (χ0) is 15.5. The number of ether oxygens (including phenoxy) is 1. The molecular formula is C13H19N2O5S+. The number of benzene rings is 1. The van der Waals surface area contributed by atoms with Crippen molar-refractivity contribution < 1.29 is 23.0 Å². The molecular weight excluding hydrogens is 296 g/mol. The Bertz CT molecular complexity index is 593. The Morgan fingerprint density at radius 3 is 2.38 bits per heavy atom. The van der Waals surface area contributed by atoms with Crippen LogP contribution in [0.15, 0.2) is 29.2 Å². The number of hydrogen-bond donors (Lipinski definition) is 1. The summed E-state index contributed by atoms with van der Waals surface area (Å²) in [7, 11) is -3.44. The minimum Gasteiger partial charge on any atom is -0.370 e. The summed E-state index contributed by atoms with van der Waals surface area (Å²) in [5, 5.41) is 10.6. The van der Waals surface area contributed by atoms with Gasteiger partial charge in [-0.1, -0.05) is 0 Å². The second kappa shape index (κ2) is 6.50. The van der Waals surface area contributed by atoms with Crippen LogP contribution in [0.25, 0.3) is 0 Å². The molecule has 1 fully saturated rings. The third-order valence-electron chi connectivity index (χ3n) is 3.71. The van der Waals surface area contributed by atoms with Crippen molar-refractivity contribution in [2.45, 2.75) is 17.9 Å². The topological polar surface area (TPSA) is 91.0 Å². The quantitative estimate of drug-likeness (QED) is 0.593. The van der Waals surface area contributed by atoms with Gasteiger partial charge in [0.05, 0.1) is 29.1 Å². The number of rotatable bonds is 5. The molecule has 1 aromatic rings. The molecule has 7 nitrogen and oxygen atoms in total. The van der Waals surface area contributed by atoms with E-state index in [-0.39, 0.29) is 22.4 Å². The molecule has 0 bridgehead atoms. The van der Waals surface area contributed by atoms with Crippen LogP contribution in [-0.4, -0.2) is 51.4 Å². The molecule has 0 radical (unpaired) electrons. The summed E-state index contributed by atoms with van der Waals surface area (Å²) in [6.45, 7) is 4.81. The third-order valence-corrected chi connectivity index (χ3v) is 5.64. The van der Waals surface area contributed by atoms with Crippen LogP contribution in [0.3, 0.4) is 0 Å². The summed E-state index contributed by atoms with van der Waals surface area (Å²) in [6, 6.07) is 5.01. The highest BCUT2D eigenvalue weighted by Crippen LogP contribution is 2.17. The molecule has 0 amide bonds. The number of nitrogens with one attached hydrogen (secondary N) is 1. The van der Waals surface area contributed by atoms with Gasteiger partial charge in [-0.05, 0) is 19.1 Å². The predicted molar refractivity (Wildman–Crippen MR) is 76.1 cm³/mol. The molecule has 1 aliphatic rings. The zero-order valence-electron chi connectivity index (χ0n) is 11.8. The van der Waals surface area contributed by atoms with Crippen molar-refractivity contribution >= 4 is 15.5 Å². The van der Waals surface area contributed by atoms with Gasteiger partial charge in [-0.3, -0.25) is 10.1 Å². The van der Waals surface area contributed by atoms with Crippen molar-refractivity contribution in [3.05, 3.63) is 34.4 Å². The highest BCUT2D eigenvalue weighted by atomic mass is 32.2. The molecule has 2 rings (SSSR count). The van der Waals surface area contributed by atoms with E-state index in [1.807, 2.05) is 6.92 Å². The summed E-state index contributed by atoms with van der Waals surface area (Å²) in [5.74, 6) is 0.0279. The minimum atomic E-state index is -3.44. The average Bonchev–Trinajstić information content (AvgIpc) is 2.48. The fourth-order valence-corrected chi connectivity index (χ4v) is 4.08. The maximum atomic E-state index is 12.4. The van der Waals surface area contributed by atoms with Crippen molar-refractivity contribution in [2.24, 2.45) is 0 Å². The van der Waals surface area contributed by atoms with Gasteiger partial charge in [-0.2, -0.15) is 0 Å². The standard InChI is InChI=1S/C13H18N2O5S/c1-11(14-6-8-20-9-7-14)10-21(18,19)13-4-2-12(3-5-13)15(16)17/h2-5,11H,6-10H2,1H3/p+1/t11-/m1/s1. The first-order valence-electron chi connectivity index (χ1n) is 6.79. The zero-order valence-corrected chi connectivity index (χ0v) is 12.6. The molecule has 1 N–H and O–H groups in total. The largest absolute Gasteiger partial charge is 0.370 e.